The van der Waals surface area contributed by atoms with Crippen LogP contribution in [0.1, 0.15) is 12.0 Å². The van der Waals surface area contributed by atoms with Crippen LogP contribution in [0.3, 0.4) is 0 Å². The molecule has 0 radical (unpaired) electrons. The average molecular weight is 268 g/mol. The number of rotatable bonds is 3. The Bertz CT molecular complexity index is 579. The maximum Gasteiger partial charge on any atom is 0.225 e. The third-order valence-electron chi connectivity index (χ3n) is 4.00. The molecule has 0 bridgehead atoms. The smallest absolute Gasteiger partial charge is 0.225 e. The lowest BCUT2D eigenvalue weighted by molar-refractivity contribution is 0.602. The SMILES string of the molecule is Cc1ccccc1-c1cnc(N2CCC(CN)C2)nc1. The molecule has 1 fully saturated rings. The normalized spacial score (nSPS) is 18.5. The number of nitrogens with zero attached hydrogens (tertiary/aromatic N) is 3. The average Bonchev–Trinajstić information content (AvgIpc) is 2.97. The second-order valence-corrected chi connectivity index (χ2v) is 5.42. The summed E-state index contributed by atoms with van der Waals surface area (Å²) in [5, 5.41) is 0. The summed E-state index contributed by atoms with van der Waals surface area (Å²) < 4.78 is 0. The Balaban J connectivity index is 1.80. The Morgan fingerprint density at radius 1 is 1.25 bits per heavy atom. The number of nitrogens with two attached hydrogens (primary N) is 1. The summed E-state index contributed by atoms with van der Waals surface area (Å²) in [5.41, 5.74) is 9.23. The molecule has 0 saturated carbocycles. The number of aromatic nitrogens is 2. The predicted octanol–water partition coefficient (Wildman–Crippen LogP) is 2.24. The molecule has 0 aliphatic carbocycles. The van der Waals surface area contributed by atoms with Gasteiger partial charge in [0.1, 0.15) is 0 Å². The van der Waals surface area contributed by atoms with E-state index in [4.69, 9.17) is 5.73 Å². The van der Waals surface area contributed by atoms with Crippen LogP contribution in [0.2, 0.25) is 0 Å². The molecule has 104 valence electrons. The Morgan fingerprint density at radius 2 is 2.00 bits per heavy atom. The second kappa shape index (κ2) is 5.59. The highest BCUT2D eigenvalue weighted by Gasteiger charge is 2.23. The summed E-state index contributed by atoms with van der Waals surface area (Å²) in [6.45, 7) is 4.83. The molecule has 0 spiro atoms. The Morgan fingerprint density at radius 3 is 2.65 bits per heavy atom. The zero-order valence-electron chi connectivity index (χ0n) is 11.8. The van der Waals surface area contributed by atoms with E-state index >= 15 is 0 Å². The van der Waals surface area contributed by atoms with Crippen molar-refractivity contribution in [3.63, 3.8) is 0 Å². The minimum Gasteiger partial charge on any atom is -0.340 e. The van der Waals surface area contributed by atoms with Gasteiger partial charge in [-0.2, -0.15) is 0 Å². The van der Waals surface area contributed by atoms with Gasteiger partial charge in [-0.25, -0.2) is 9.97 Å². The van der Waals surface area contributed by atoms with Crippen molar-refractivity contribution in [3.05, 3.63) is 42.2 Å². The van der Waals surface area contributed by atoms with E-state index < -0.39 is 0 Å². The lowest BCUT2D eigenvalue weighted by atomic mass is 10.0. The summed E-state index contributed by atoms with van der Waals surface area (Å²) in [7, 11) is 0. The van der Waals surface area contributed by atoms with E-state index in [0.29, 0.717) is 5.92 Å². The molecule has 3 rings (SSSR count). The van der Waals surface area contributed by atoms with Gasteiger partial charge in [-0.05, 0) is 36.9 Å². The van der Waals surface area contributed by atoms with Crippen LogP contribution in [0, 0.1) is 12.8 Å². The fourth-order valence-electron chi connectivity index (χ4n) is 2.73. The van der Waals surface area contributed by atoms with E-state index in [1.807, 2.05) is 24.5 Å². The molecule has 1 aliphatic rings. The lowest BCUT2D eigenvalue weighted by Crippen LogP contribution is -2.24. The molecular weight excluding hydrogens is 248 g/mol. The van der Waals surface area contributed by atoms with Gasteiger partial charge in [-0.3, -0.25) is 0 Å². The quantitative estimate of drug-likeness (QED) is 0.927. The molecule has 1 unspecified atom stereocenters. The molecule has 1 saturated heterocycles. The van der Waals surface area contributed by atoms with Gasteiger partial charge in [0, 0.05) is 31.0 Å². The van der Waals surface area contributed by atoms with Gasteiger partial charge in [-0.15, -0.1) is 0 Å². The second-order valence-electron chi connectivity index (χ2n) is 5.42. The van der Waals surface area contributed by atoms with Crippen molar-refractivity contribution in [2.75, 3.05) is 24.5 Å². The first-order chi connectivity index (χ1) is 9.78. The van der Waals surface area contributed by atoms with Crippen molar-refractivity contribution in [2.24, 2.45) is 11.7 Å². The van der Waals surface area contributed by atoms with Crippen molar-refractivity contribution in [2.45, 2.75) is 13.3 Å². The number of hydrogen-bond acceptors (Lipinski definition) is 4. The Labute approximate surface area is 119 Å². The van der Waals surface area contributed by atoms with Gasteiger partial charge in [0.2, 0.25) is 5.95 Å². The van der Waals surface area contributed by atoms with Crippen LogP contribution in [0.5, 0.6) is 0 Å². The first-order valence-corrected chi connectivity index (χ1v) is 7.11. The van der Waals surface area contributed by atoms with Crippen molar-refractivity contribution in [1.82, 2.24) is 9.97 Å². The first kappa shape index (κ1) is 13.1. The molecule has 2 heterocycles. The van der Waals surface area contributed by atoms with E-state index in [0.717, 1.165) is 37.6 Å². The third-order valence-corrected chi connectivity index (χ3v) is 4.00. The fraction of sp³-hybridized carbons (Fsp3) is 0.375. The van der Waals surface area contributed by atoms with Gasteiger partial charge in [0.05, 0.1) is 0 Å². The standard InChI is InChI=1S/C16H20N4/c1-12-4-2-3-5-15(12)14-9-18-16(19-10-14)20-7-6-13(8-17)11-20/h2-5,9-10,13H,6-8,11,17H2,1H3. The summed E-state index contributed by atoms with van der Waals surface area (Å²) in [5.74, 6) is 1.40. The van der Waals surface area contributed by atoms with Gasteiger partial charge in [0.15, 0.2) is 0 Å². The van der Waals surface area contributed by atoms with Gasteiger partial charge < -0.3 is 10.6 Å². The van der Waals surface area contributed by atoms with E-state index in [9.17, 15) is 0 Å². The van der Waals surface area contributed by atoms with Gasteiger partial charge >= 0.3 is 0 Å². The molecule has 2 aromatic rings. The number of benzene rings is 1. The molecule has 1 aromatic heterocycles. The van der Waals surface area contributed by atoms with Crippen LogP contribution < -0.4 is 10.6 Å². The maximum atomic E-state index is 5.72. The molecular formula is C16H20N4. The van der Waals surface area contributed by atoms with Crippen LogP contribution in [-0.2, 0) is 0 Å². The van der Waals surface area contributed by atoms with Crippen molar-refractivity contribution < 1.29 is 0 Å². The molecule has 1 aromatic carbocycles. The third kappa shape index (κ3) is 2.51. The van der Waals surface area contributed by atoms with E-state index in [-0.39, 0.29) is 0 Å². The van der Waals surface area contributed by atoms with E-state index in [1.165, 1.54) is 11.1 Å². The van der Waals surface area contributed by atoms with Crippen LogP contribution in [-0.4, -0.2) is 29.6 Å². The fourth-order valence-corrected chi connectivity index (χ4v) is 2.73. The zero-order chi connectivity index (χ0) is 13.9. The Kier molecular flexibility index (Phi) is 3.65. The maximum absolute atomic E-state index is 5.72. The highest BCUT2D eigenvalue weighted by Crippen LogP contribution is 2.24. The summed E-state index contributed by atoms with van der Waals surface area (Å²) >= 11 is 0. The number of aryl methyl sites for hydroxylation is 1. The molecule has 20 heavy (non-hydrogen) atoms. The molecule has 4 nitrogen and oxygen atoms in total. The first-order valence-electron chi connectivity index (χ1n) is 7.11. The Hall–Kier alpha value is -1.94. The minimum absolute atomic E-state index is 0.578. The molecule has 4 heteroatoms. The molecule has 1 aliphatic heterocycles. The largest absolute Gasteiger partial charge is 0.340 e. The van der Waals surface area contributed by atoms with Crippen molar-refractivity contribution >= 4 is 5.95 Å². The summed E-state index contributed by atoms with van der Waals surface area (Å²) in [4.78, 5) is 11.3. The van der Waals surface area contributed by atoms with Crippen LogP contribution >= 0.6 is 0 Å². The number of anilines is 1. The van der Waals surface area contributed by atoms with Crippen molar-refractivity contribution in [1.29, 1.82) is 0 Å². The minimum atomic E-state index is 0.578. The van der Waals surface area contributed by atoms with Crippen LogP contribution in [0.4, 0.5) is 5.95 Å². The molecule has 2 N–H and O–H groups in total. The van der Waals surface area contributed by atoms with Crippen LogP contribution in [0.25, 0.3) is 11.1 Å². The monoisotopic (exact) mass is 268 g/mol. The number of hydrogen-bond donors (Lipinski definition) is 1. The summed E-state index contributed by atoms with van der Waals surface area (Å²) in [6.07, 6.45) is 4.97. The topological polar surface area (TPSA) is 55.0 Å². The van der Waals surface area contributed by atoms with E-state index in [1.54, 1.807) is 0 Å². The lowest BCUT2D eigenvalue weighted by Gasteiger charge is -2.16. The summed E-state index contributed by atoms with van der Waals surface area (Å²) in [6, 6.07) is 8.30. The predicted molar refractivity (Wildman–Crippen MR) is 81.6 cm³/mol. The van der Waals surface area contributed by atoms with Gasteiger partial charge in [0.25, 0.3) is 0 Å². The van der Waals surface area contributed by atoms with Gasteiger partial charge in [-0.1, -0.05) is 24.3 Å². The van der Waals surface area contributed by atoms with E-state index in [2.05, 4.69) is 33.9 Å². The molecule has 0 amide bonds. The molecule has 1 atom stereocenters. The highest BCUT2D eigenvalue weighted by atomic mass is 15.3. The highest BCUT2D eigenvalue weighted by molar-refractivity contribution is 5.65. The zero-order valence-corrected chi connectivity index (χ0v) is 11.8. The van der Waals surface area contributed by atoms with Crippen molar-refractivity contribution in [3.8, 4) is 11.1 Å². The van der Waals surface area contributed by atoms with Crippen LogP contribution in [0.15, 0.2) is 36.7 Å².